The number of hydrogen-bond donors (Lipinski definition) is 2. The minimum absolute atomic E-state index is 0.240. The Kier molecular flexibility index (Phi) is 4.96. The molecule has 0 spiro atoms. The standard InChI is InChI=1S/C17H17ClN4O2/c1-2-15-21-13-10-11(18)5-6-12(13)16(22-15)19-7-8-20-17(23)14-4-3-9-24-14/h3-6,9-10H,2,7-8H2,1H3,(H,20,23)(H,19,21,22). The van der Waals surface area contributed by atoms with Crippen LogP contribution in [0.4, 0.5) is 5.82 Å². The molecule has 2 heterocycles. The first-order valence-corrected chi connectivity index (χ1v) is 8.07. The number of hydrogen-bond acceptors (Lipinski definition) is 5. The van der Waals surface area contributed by atoms with Crippen molar-refractivity contribution in [3.8, 4) is 0 Å². The maximum Gasteiger partial charge on any atom is 0.287 e. The Hall–Kier alpha value is -2.60. The van der Waals surface area contributed by atoms with Gasteiger partial charge in [0, 0.05) is 29.9 Å². The van der Waals surface area contributed by atoms with E-state index in [1.165, 1.54) is 6.26 Å². The van der Waals surface area contributed by atoms with Gasteiger partial charge >= 0.3 is 0 Å². The number of nitrogens with zero attached hydrogens (tertiary/aromatic N) is 2. The zero-order valence-electron chi connectivity index (χ0n) is 13.2. The van der Waals surface area contributed by atoms with Crippen LogP contribution in [-0.2, 0) is 6.42 Å². The first-order valence-electron chi connectivity index (χ1n) is 7.69. The number of aryl methyl sites for hydroxylation is 1. The molecule has 1 amide bonds. The molecule has 0 atom stereocenters. The Bertz CT molecular complexity index is 849. The molecule has 3 rings (SSSR count). The molecule has 2 aromatic heterocycles. The molecule has 0 aliphatic carbocycles. The number of fused-ring (bicyclic) bond motifs is 1. The SMILES string of the molecule is CCc1nc(NCCNC(=O)c2ccco2)c2ccc(Cl)cc2n1. The van der Waals surface area contributed by atoms with Gasteiger partial charge in [-0.05, 0) is 30.3 Å². The predicted octanol–water partition coefficient (Wildman–Crippen LogP) is 3.28. The van der Waals surface area contributed by atoms with Crippen LogP contribution in [0.3, 0.4) is 0 Å². The molecule has 7 heteroatoms. The van der Waals surface area contributed by atoms with E-state index in [0.717, 1.165) is 29.0 Å². The molecule has 0 bridgehead atoms. The van der Waals surface area contributed by atoms with Gasteiger partial charge in [0.05, 0.1) is 11.8 Å². The Labute approximate surface area is 144 Å². The monoisotopic (exact) mass is 344 g/mol. The number of halogens is 1. The first-order chi connectivity index (χ1) is 11.7. The van der Waals surface area contributed by atoms with Gasteiger partial charge in [-0.1, -0.05) is 18.5 Å². The van der Waals surface area contributed by atoms with Gasteiger partial charge in [-0.3, -0.25) is 4.79 Å². The van der Waals surface area contributed by atoms with E-state index in [9.17, 15) is 4.79 Å². The van der Waals surface area contributed by atoms with E-state index in [1.54, 1.807) is 12.1 Å². The molecule has 24 heavy (non-hydrogen) atoms. The summed E-state index contributed by atoms with van der Waals surface area (Å²) in [4.78, 5) is 20.8. The predicted molar refractivity (Wildman–Crippen MR) is 93.5 cm³/mol. The van der Waals surface area contributed by atoms with Crippen LogP contribution >= 0.6 is 11.6 Å². The van der Waals surface area contributed by atoms with Crippen molar-refractivity contribution in [2.75, 3.05) is 18.4 Å². The molecular weight excluding hydrogens is 328 g/mol. The summed E-state index contributed by atoms with van der Waals surface area (Å²) in [6.45, 7) is 2.98. The first kappa shape index (κ1) is 16.3. The molecule has 6 nitrogen and oxygen atoms in total. The van der Waals surface area contributed by atoms with Crippen molar-refractivity contribution in [3.63, 3.8) is 0 Å². The highest BCUT2D eigenvalue weighted by Gasteiger charge is 2.09. The normalized spacial score (nSPS) is 10.8. The molecule has 0 aliphatic heterocycles. The molecule has 3 aromatic rings. The van der Waals surface area contributed by atoms with Gasteiger partial charge in [-0.15, -0.1) is 0 Å². The lowest BCUT2D eigenvalue weighted by Gasteiger charge is -2.11. The van der Waals surface area contributed by atoms with E-state index in [1.807, 2.05) is 25.1 Å². The minimum Gasteiger partial charge on any atom is -0.459 e. The van der Waals surface area contributed by atoms with E-state index in [-0.39, 0.29) is 5.91 Å². The summed E-state index contributed by atoms with van der Waals surface area (Å²) in [5, 5.41) is 7.56. The second-order valence-electron chi connectivity index (χ2n) is 5.16. The smallest absolute Gasteiger partial charge is 0.287 e. The summed E-state index contributed by atoms with van der Waals surface area (Å²) in [7, 11) is 0. The third kappa shape index (κ3) is 3.65. The molecule has 0 saturated carbocycles. The molecule has 124 valence electrons. The van der Waals surface area contributed by atoms with Gasteiger partial charge in [0.15, 0.2) is 5.76 Å². The quantitative estimate of drug-likeness (QED) is 0.671. The van der Waals surface area contributed by atoms with Crippen LogP contribution in [0.15, 0.2) is 41.0 Å². The third-order valence-electron chi connectivity index (χ3n) is 3.47. The molecule has 0 aliphatic rings. The highest BCUT2D eigenvalue weighted by atomic mass is 35.5. The number of aromatic nitrogens is 2. The second kappa shape index (κ2) is 7.31. The fourth-order valence-electron chi connectivity index (χ4n) is 2.30. The van der Waals surface area contributed by atoms with E-state index in [0.29, 0.717) is 23.9 Å². The summed E-state index contributed by atoms with van der Waals surface area (Å²) < 4.78 is 5.04. The number of benzene rings is 1. The average molecular weight is 345 g/mol. The average Bonchev–Trinajstić information content (AvgIpc) is 3.12. The van der Waals surface area contributed by atoms with Crippen LogP contribution in [0.1, 0.15) is 23.3 Å². The van der Waals surface area contributed by atoms with E-state index >= 15 is 0 Å². The van der Waals surface area contributed by atoms with Gasteiger partial charge in [-0.2, -0.15) is 0 Å². The maximum absolute atomic E-state index is 11.8. The summed E-state index contributed by atoms with van der Waals surface area (Å²) in [6, 6.07) is 8.82. The lowest BCUT2D eigenvalue weighted by molar-refractivity contribution is 0.0927. The number of nitrogens with one attached hydrogen (secondary N) is 2. The maximum atomic E-state index is 11.8. The third-order valence-corrected chi connectivity index (χ3v) is 3.70. The fraction of sp³-hybridized carbons (Fsp3) is 0.235. The van der Waals surface area contributed by atoms with Gasteiger partial charge in [0.1, 0.15) is 11.6 Å². The van der Waals surface area contributed by atoms with Crippen LogP contribution in [0.25, 0.3) is 10.9 Å². The van der Waals surface area contributed by atoms with Crippen molar-refractivity contribution in [2.45, 2.75) is 13.3 Å². The van der Waals surface area contributed by atoms with Gasteiger partial charge < -0.3 is 15.1 Å². The van der Waals surface area contributed by atoms with Crippen LogP contribution in [0.5, 0.6) is 0 Å². The lowest BCUT2D eigenvalue weighted by Crippen LogP contribution is -2.28. The largest absolute Gasteiger partial charge is 0.459 e. The minimum atomic E-state index is -0.240. The zero-order chi connectivity index (χ0) is 16.9. The van der Waals surface area contributed by atoms with Crippen molar-refractivity contribution in [1.82, 2.24) is 15.3 Å². The Morgan fingerprint density at radius 1 is 1.25 bits per heavy atom. The van der Waals surface area contributed by atoms with Crippen molar-refractivity contribution in [2.24, 2.45) is 0 Å². The van der Waals surface area contributed by atoms with Gasteiger partial charge in [0.25, 0.3) is 5.91 Å². The highest BCUT2D eigenvalue weighted by Crippen LogP contribution is 2.23. The molecule has 0 unspecified atom stereocenters. The van der Waals surface area contributed by atoms with Crippen LogP contribution in [0.2, 0.25) is 5.02 Å². The molecule has 0 saturated heterocycles. The zero-order valence-corrected chi connectivity index (χ0v) is 13.9. The van der Waals surface area contributed by atoms with Crippen molar-refractivity contribution in [3.05, 3.63) is 53.2 Å². The van der Waals surface area contributed by atoms with Crippen molar-refractivity contribution in [1.29, 1.82) is 0 Å². The van der Waals surface area contributed by atoms with E-state index in [4.69, 9.17) is 16.0 Å². The van der Waals surface area contributed by atoms with Gasteiger partial charge in [-0.25, -0.2) is 9.97 Å². The number of amides is 1. The molecule has 0 radical (unpaired) electrons. The molecule has 2 N–H and O–H groups in total. The fourth-order valence-corrected chi connectivity index (χ4v) is 2.46. The molecule has 1 aromatic carbocycles. The topological polar surface area (TPSA) is 80.0 Å². The van der Waals surface area contributed by atoms with Crippen molar-refractivity contribution < 1.29 is 9.21 Å². The Morgan fingerprint density at radius 3 is 2.88 bits per heavy atom. The highest BCUT2D eigenvalue weighted by molar-refractivity contribution is 6.31. The Balaban J connectivity index is 1.67. The number of carbonyl (C=O) groups is 1. The summed E-state index contributed by atoms with van der Waals surface area (Å²) in [5.41, 5.74) is 0.802. The number of rotatable bonds is 6. The number of furan rings is 1. The van der Waals surface area contributed by atoms with Crippen LogP contribution in [0, 0.1) is 0 Å². The van der Waals surface area contributed by atoms with Gasteiger partial charge in [0.2, 0.25) is 0 Å². The molecular formula is C17H17ClN4O2. The van der Waals surface area contributed by atoms with Crippen molar-refractivity contribution >= 4 is 34.2 Å². The summed E-state index contributed by atoms with van der Waals surface area (Å²) in [6.07, 6.45) is 2.20. The second-order valence-corrected chi connectivity index (χ2v) is 5.60. The lowest BCUT2D eigenvalue weighted by atomic mass is 10.2. The van der Waals surface area contributed by atoms with E-state index in [2.05, 4.69) is 20.6 Å². The number of anilines is 1. The molecule has 0 fully saturated rings. The van der Waals surface area contributed by atoms with Crippen LogP contribution in [-0.4, -0.2) is 29.0 Å². The van der Waals surface area contributed by atoms with E-state index < -0.39 is 0 Å². The Morgan fingerprint density at radius 2 is 2.12 bits per heavy atom. The summed E-state index contributed by atoms with van der Waals surface area (Å²) in [5.74, 6) is 1.54. The summed E-state index contributed by atoms with van der Waals surface area (Å²) >= 11 is 6.04. The van der Waals surface area contributed by atoms with Crippen LogP contribution < -0.4 is 10.6 Å². The number of carbonyl (C=O) groups excluding carboxylic acids is 1.